The SMILES string of the molecule is NC(=S)c1cc(F)c(N2CCS(=O)(=O)CC2)c(F)c1. The molecular weight excluding hydrogens is 294 g/mol. The molecule has 0 spiro atoms. The molecule has 2 N–H and O–H groups in total. The summed E-state index contributed by atoms with van der Waals surface area (Å²) in [4.78, 5) is 1.29. The van der Waals surface area contributed by atoms with E-state index in [1.54, 1.807) is 0 Å². The van der Waals surface area contributed by atoms with Gasteiger partial charge in [0.15, 0.2) is 9.84 Å². The van der Waals surface area contributed by atoms with Crippen molar-refractivity contribution in [3.8, 4) is 0 Å². The Morgan fingerprint density at radius 3 is 2.11 bits per heavy atom. The molecule has 1 aromatic carbocycles. The van der Waals surface area contributed by atoms with Gasteiger partial charge in [0.25, 0.3) is 0 Å². The Labute approximate surface area is 115 Å². The first-order valence-corrected chi connectivity index (χ1v) is 7.77. The Kier molecular flexibility index (Phi) is 3.73. The van der Waals surface area contributed by atoms with Crippen LogP contribution >= 0.6 is 12.2 Å². The monoisotopic (exact) mass is 306 g/mol. The van der Waals surface area contributed by atoms with Crippen molar-refractivity contribution in [3.05, 3.63) is 29.3 Å². The quantitative estimate of drug-likeness (QED) is 0.820. The standard InChI is InChI=1S/C11H12F2N2O2S2/c12-8-5-7(11(14)18)6-9(13)10(8)15-1-3-19(16,17)4-2-15/h5-6H,1-4H2,(H2,14,18). The fourth-order valence-electron chi connectivity index (χ4n) is 1.95. The van der Waals surface area contributed by atoms with Crippen LogP contribution in [0.1, 0.15) is 5.56 Å². The van der Waals surface area contributed by atoms with Crippen molar-refractivity contribution in [1.29, 1.82) is 0 Å². The summed E-state index contributed by atoms with van der Waals surface area (Å²) in [6.07, 6.45) is 0. The molecule has 1 heterocycles. The second kappa shape index (κ2) is 5.01. The van der Waals surface area contributed by atoms with Crippen LogP contribution in [0.15, 0.2) is 12.1 Å². The van der Waals surface area contributed by atoms with E-state index in [2.05, 4.69) is 12.2 Å². The molecule has 4 nitrogen and oxygen atoms in total. The number of nitrogens with two attached hydrogens (primary N) is 1. The minimum Gasteiger partial charge on any atom is -0.389 e. The maximum Gasteiger partial charge on any atom is 0.153 e. The van der Waals surface area contributed by atoms with E-state index in [9.17, 15) is 17.2 Å². The number of thiocarbonyl (C=S) groups is 1. The van der Waals surface area contributed by atoms with Gasteiger partial charge in [-0.25, -0.2) is 17.2 Å². The third kappa shape index (κ3) is 3.01. The number of nitrogens with zero attached hydrogens (tertiary/aromatic N) is 1. The minimum atomic E-state index is -3.10. The molecule has 104 valence electrons. The summed E-state index contributed by atoms with van der Waals surface area (Å²) in [7, 11) is -3.10. The second-order valence-corrected chi connectivity index (χ2v) is 7.04. The van der Waals surface area contributed by atoms with Gasteiger partial charge in [0.05, 0.1) is 11.5 Å². The third-order valence-corrected chi connectivity index (χ3v) is 4.81. The van der Waals surface area contributed by atoms with E-state index in [0.717, 1.165) is 12.1 Å². The van der Waals surface area contributed by atoms with Crippen molar-refractivity contribution in [1.82, 2.24) is 0 Å². The average Bonchev–Trinajstić information content (AvgIpc) is 2.30. The van der Waals surface area contributed by atoms with Crippen molar-refractivity contribution in [3.63, 3.8) is 0 Å². The van der Waals surface area contributed by atoms with Crippen LogP contribution in [0, 0.1) is 11.6 Å². The first-order valence-electron chi connectivity index (χ1n) is 5.54. The highest BCUT2D eigenvalue weighted by Gasteiger charge is 2.26. The lowest BCUT2D eigenvalue weighted by Crippen LogP contribution is -2.41. The van der Waals surface area contributed by atoms with E-state index in [1.165, 1.54) is 4.90 Å². The Morgan fingerprint density at radius 1 is 1.21 bits per heavy atom. The van der Waals surface area contributed by atoms with Crippen molar-refractivity contribution < 1.29 is 17.2 Å². The van der Waals surface area contributed by atoms with Gasteiger partial charge in [-0.15, -0.1) is 0 Å². The molecule has 1 aromatic rings. The highest BCUT2D eigenvalue weighted by molar-refractivity contribution is 7.91. The summed E-state index contributed by atoms with van der Waals surface area (Å²) in [6.45, 7) is 0.144. The normalized spacial score (nSPS) is 18.3. The van der Waals surface area contributed by atoms with Gasteiger partial charge in [0.2, 0.25) is 0 Å². The molecule has 1 aliphatic rings. The smallest absolute Gasteiger partial charge is 0.153 e. The van der Waals surface area contributed by atoms with Gasteiger partial charge in [-0.3, -0.25) is 0 Å². The molecule has 0 atom stereocenters. The molecule has 1 fully saturated rings. The van der Waals surface area contributed by atoms with E-state index >= 15 is 0 Å². The Hall–Kier alpha value is -1.28. The van der Waals surface area contributed by atoms with Crippen molar-refractivity contribution in [2.24, 2.45) is 5.73 Å². The number of benzene rings is 1. The lowest BCUT2D eigenvalue weighted by molar-refractivity contribution is 0.561. The van der Waals surface area contributed by atoms with Gasteiger partial charge in [0.1, 0.15) is 22.3 Å². The summed E-state index contributed by atoms with van der Waals surface area (Å²) < 4.78 is 50.4. The molecule has 8 heteroatoms. The van der Waals surface area contributed by atoms with Crippen molar-refractivity contribution in [2.75, 3.05) is 29.5 Å². The fraction of sp³-hybridized carbons (Fsp3) is 0.364. The van der Waals surface area contributed by atoms with Crippen LogP contribution in [0.4, 0.5) is 14.5 Å². The average molecular weight is 306 g/mol. The summed E-state index contributed by atoms with van der Waals surface area (Å²) >= 11 is 4.66. The molecule has 0 radical (unpaired) electrons. The molecule has 0 saturated carbocycles. The zero-order valence-electron chi connectivity index (χ0n) is 9.90. The van der Waals surface area contributed by atoms with Crippen molar-refractivity contribution >= 4 is 32.7 Å². The van der Waals surface area contributed by atoms with Crippen LogP contribution in [0.5, 0.6) is 0 Å². The van der Waals surface area contributed by atoms with Crippen LogP contribution < -0.4 is 10.6 Å². The first kappa shape index (κ1) is 14.1. The molecule has 1 aliphatic heterocycles. The van der Waals surface area contributed by atoms with Crippen molar-refractivity contribution in [2.45, 2.75) is 0 Å². The van der Waals surface area contributed by atoms with Gasteiger partial charge < -0.3 is 10.6 Å². The molecule has 0 aromatic heterocycles. The maximum atomic E-state index is 13.9. The van der Waals surface area contributed by atoms with E-state index in [-0.39, 0.29) is 40.8 Å². The Balaban J connectivity index is 2.34. The first-order chi connectivity index (χ1) is 8.80. The molecule has 1 saturated heterocycles. The fourth-order valence-corrected chi connectivity index (χ4v) is 3.26. The summed E-state index contributed by atoms with van der Waals surface area (Å²) in [5, 5.41) is 0. The Morgan fingerprint density at radius 2 is 1.68 bits per heavy atom. The number of rotatable bonds is 2. The minimum absolute atomic E-state index is 0.0720. The highest BCUT2D eigenvalue weighted by Crippen LogP contribution is 2.26. The molecular formula is C11H12F2N2O2S2. The van der Waals surface area contributed by atoms with E-state index < -0.39 is 21.5 Å². The predicted octanol–water partition coefficient (Wildman–Crippen LogP) is 0.834. The third-order valence-electron chi connectivity index (χ3n) is 2.96. The molecule has 0 amide bonds. The molecule has 2 rings (SSSR count). The molecule has 0 aliphatic carbocycles. The van der Waals surface area contributed by atoms with E-state index in [1.807, 2.05) is 0 Å². The van der Waals surface area contributed by atoms with Crippen LogP contribution in [-0.2, 0) is 9.84 Å². The lowest BCUT2D eigenvalue weighted by atomic mass is 10.1. The lowest BCUT2D eigenvalue weighted by Gasteiger charge is -2.29. The van der Waals surface area contributed by atoms with Gasteiger partial charge in [-0.05, 0) is 12.1 Å². The topological polar surface area (TPSA) is 63.4 Å². The number of hydrogen-bond donors (Lipinski definition) is 1. The number of sulfone groups is 1. The van der Waals surface area contributed by atoms with Gasteiger partial charge >= 0.3 is 0 Å². The van der Waals surface area contributed by atoms with Gasteiger partial charge in [0, 0.05) is 18.7 Å². The van der Waals surface area contributed by atoms with E-state index in [4.69, 9.17) is 5.73 Å². The van der Waals surface area contributed by atoms with Crippen LogP contribution in [0.2, 0.25) is 0 Å². The van der Waals surface area contributed by atoms with Crippen LogP contribution in [-0.4, -0.2) is 38.0 Å². The number of anilines is 1. The van der Waals surface area contributed by atoms with Crippen LogP contribution in [0.25, 0.3) is 0 Å². The van der Waals surface area contributed by atoms with Crippen LogP contribution in [0.3, 0.4) is 0 Å². The zero-order chi connectivity index (χ0) is 14.2. The zero-order valence-corrected chi connectivity index (χ0v) is 11.5. The second-order valence-electron chi connectivity index (χ2n) is 4.29. The van der Waals surface area contributed by atoms with Gasteiger partial charge in [-0.1, -0.05) is 12.2 Å². The highest BCUT2D eigenvalue weighted by atomic mass is 32.2. The largest absolute Gasteiger partial charge is 0.389 e. The predicted molar refractivity (Wildman–Crippen MR) is 73.1 cm³/mol. The molecule has 0 bridgehead atoms. The summed E-state index contributed by atoms with van der Waals surface area (Å²) in [6, 6.07) is 2.12. The van der Waals surface area contributed by atoms with E-state index in [0.29, 0.717) is 0 Å². The number of hydrogen-bond acceptors (Lipinski definition) is 4. The van der Waals surface area contributed by atoms with Gasteiger partial charge in [-0.2, -0.15) is 0 Å². The summed E-state index contributed by atoms with van der Waals surface area (Å²) in [5.41, 5.74) is 5.20. The number of halogens is 2. The molecule has 0 unspecified atom stereocenters. The molecule has 19 heavy (non-hydrogen) atoms. The summed E-state index contributed by atoms with van der Waals surface area (Å²) in [5.74, 6) is -1.80. The maximum absolute atomic E-state index is 13.9. The Bertz CT molecular complexity index is 595.